The van der Waals surface area contributed by atoms with Gasteiger partial charge < -0.3 is 4.84 Å². The lowest BCUT2D eigenvalue weighted by Gasteiger charge is -2.28. The number of amides is 1. The van der Waals surface area contributed by atoms with Gasteiger partial charge in [0.05, 0.1) is 24.4 Å². The minimum Gasteiger partial charge on any atom is -0.406 e. The van der Waals surface area contributed by atoms with Crippen LogP contribution in [0.25, 0.3) is 11.4 Å². The van der Waals surface area contributed by atoms with Crippen molar-refractivity contribution >= 4 is 23.3 Å². The van der Waals surface area contributed by atoms with E-state index < -0.39 is 57.5 Å². The number of carbonyl (C=O) groups excluding carboxylic acids is 1. The highest BCUT2D eigenvalue weighted by Crippen LogP contribution is 2.47. The van der Waals surface area contributed by atoms with Crippen molar-refractivity contribution in [1.82, 2.24) is 20.3 Å². The summed E-state index contributed by atoms with van der Waals surface area (Å²) in [5.41, 5.74) is -2.69. The van der Waals surface area contributed by atoms with E-state index in [2.05, 4.69) is 10.6 Å². The van der Waals surface area contributed by atoms with Gasteiger partial charge in [0, 0.05) is 17.6 Å². The minimum absolute atomic E-state index is 0.113. The Bertz CT molecular complexity index is 1350. The molecule has 1 atom stereocenters. The summed E-state index contributed by atoms with van der Waals surface area (Å²) in [6, 6.07) is 8.49. The Balaban J connectivity index is 2.05. The molecule has 190 valence electrons. The van der Waals surface area contributed by atoms with Gasteiger partial charge in [-0.3, -0.25) is 9.63 Å². The van der Waals surface area contributed by atoms with Gasteiger partial charge in [0.1, 0.15) is 22.9 Å². The molecule has 0 radical (unpaired) electrons. The molecule has 2 aromatic carbocycles. The maximum Gasteiger partial charge on any atom is 0.434 e. The Hall–Kier alpha value is -3.48. The third-order valence-corrected chi connectivity index (χ3v) is 6.00. The SMILES string of the molecule is CON(C)C(=O)C1=C(c2cnn(-c3ccccc3F)c2C(F)(F)F)ONC1(C)c1c(F)cccc1Cl. The molecule has 0 aliphatic carbocycles. The summed E-state index contributed by atoms with van der Waals surface area (Å²) in [4.78, 5) is 23.7. The van der Waals surface area contributed by atoms with Gasteiger partial charge in [-0.05, 0) is 31.2 Å². The number of hydrogen-bond acceptors (Lipinski definition) is 5. The van der Waals surface area contributed by atoms with Crippen LogP contribution in [0.3, 0.4) is 0 Å². The number of hydroxylamine groups is 3. The van der Waals surface area contributed by atoms with Crippen LogP contribution in [-0.2, 0) is 26.2 Å². The molecular formula is C23H18ClF5N4O3. The number of carbonyl (C=O) groups is 1. The van der Waals surface area contributed by atoms with E-state index in [-0.39, 0.29) is 10.6 Å². The van der Waals surface area contributed by atoms with Crippen LogP contribution in [-0.4, -0.2) is 34.9 Å². The van der Waals surface area contributed by atoms with Gasteiger partial charge >= 0.3 is 6.18 Å². The second-order valence-electron chi connectivity index (χ2n) is 7.88. The van der Waals surface area contributed by atoms with Gasteiger partial charge in [-0.1, -0.05) is 29.8 Å². The monoisotopic (exact) mass is 528 g/mol. The summed E-state index contributed by atoms with van der Waals surface area (Å²) in [6.45, 7) is 1.32. The molecule has 0 spiro atoms. The third kappa shape index (κ3) is 4.10. The number of alkyl halides is 3. The Morgan fingerprint density at radius 3 is 2.44 bits per heavy atom. The van der Waals surface area contributed by atoms with Gasteiger partial charge in [-0.25, -0.2) is 18.5 Å². The Morgan fingerprint density at radius 1 is 1.17 bits per heavy atom. The van der Waals surface area contributed by atoms with E-state index in [0.717, 1.165) is 36.6 Å². The van der Waals surface area contributed by atoms with Crippen molar-refractivity contribution < 1.29 is 36.4 Å². The molecule has 0 saturated heterocycles. The predicted molar refractivity (Wildman–Crippen MR) is 118 cm³/mol. The maximum absolute atomic E-state index is 14.9. The number of aromatic nitrogens is 2. The van der Waals surface area contributed by atoms with Crippen molar-refractivity contribution in [2.45, 2.75) is 18.6 Å². The molecular weight excluding hydrogens is 511 g/mol. The standard InChI is InChI=1S/C23H18ClF5N4O3/c1-22(17-13(24)7-6-9-15(17)26)18(21(34)32(2)35-3)19(36-31-22)12-11-30-33(20(12)23(27,28)29)16-10-5-4-8-14(16)25/h4-11,31H,1-3H3. The number of para-hydroxylation sites is 1. The highest BCUT2D eigenvalue weighted by Gasteiger charge is 2.51. The number of benzene rings is 2. The molecule has 1 aromatic heterocycles. The second kappa shape index (κ2) is 9.19. The number of rotatable bonds is 5. The molecule has 1 aliphatic rings. The molecule has 1 unspecified atom stereocenters. The molecule has 4 rings (SSSR count). The minimum atomic E-state index is -5.07. The van der Waals surface area contributed by atoms with E-state index >= 15 is 0 Å². The summed E-state index contributed by atoms with van der Waals surface area (Å²) in [6.07, 6.45) is -4.29. The van der Waals surface area contributed by atoms with Crippen LogP contribution in [0.15, 0.2) is 54.2 Å². The highest BCUT2D eigenvalue weighted by atomic mass is 35.5. The number of nitrogens with zero attached hydrogens (tertiary/aromatic N) is 3. The van der Waals surface area contributed by atoms with Gasteiger partial charge in [-0.15, -0.1) is 5.48 Å². The van der Waals surface area contributed by atoms with Crippen LogP contribution in [0.4, 0.5) is 22.0 Å². The molecule has 0 saturated carbocycles. The van der Waals surface area contributed by atoms with Crippen molar-refractivity contribution in [3.05, 3.63) is 87.7 Å². The smallest absolute Gasteiger partial charge is 0.406 e. The van der Waals surface area contributed by atoms with E-state index in [4.69, 9.17) is 21.3 Å². The Kier molecular flexibility index (Phi) is 6.54. The van der Waals surface area contributed by atoms with Gasteiger partial charge in [-0.2, -0.15) is 18.3 Å². The van der Waals surface area contributed by atoms with Gasteiger partial charge in [0.25, 0.3) is 5.91 Å². The van der Waals surface area contributed by atoms with E-state index in [9.17, 15) is 26.7 Å². The van der Waals surface area contributed by atoms with E-state index in [0.29, 0.717) is 4.68 Å². The molecule has 0 bridgehead atoms. The molecule has 13 heteroatoms. The Morgan fingerprint density at radius 2 is 1.83 bits per heavy atom. The maximum atomic E-state index is 14.9. The van der Waals surface area contributed by atoms with Crippen molar-refractivity contribution in [3.63, 3.8) is 0 Å². The molecule has 7 nitrogen and oxygen atoms in total. The van der Waals surface area contributed by atoms with Crippen molar-refractivity contribution in [2.75, 3.05) is 14.2 Å². The zero-order valence-electron chi connectivity index (χ0n) is 19.0. The molecule has 1 amide bonds. The average Bonchev–Trinajstić information content (AvgIpc) is 3.40. The van der Waals surface area contributed by atoms with Crippen LogP contribution in [0.1, 0.15) is 23.7 Å². The van der Waals surface area contributed by atoms with E-state index in [1.807, 2.05) is 0 Å². The fraction of sp³-hybridized carbons (Fsp3) is 0.217. The summed E-state index contributed by atoms with van der Waals surface area (Å²) < 4.78 is 72.7. The first kappa shape index (κ1) is 25.6. The molecule has 1 aliphatic heterocycles. The lowest BCUT2D eigenvalue weighted by atomic mass is 9.83. The van der Waals surface area contributed by atoms with Crippen LogP contribution in [0, 0.1) is 11.6 Å². The number of halogens is 6. The van der Waals surface area contributed by atoms with E-state index in [1.54, 1.807) is 0 Å². The third-order valence-electron chi connectivity index (χ3n) is 5.68. The Labute approximate surface area is 206 Å². The second-order valence-corrected chi connectivity index (χ2v) is 8.29. The molecule has 36 heavy (non-hydrogen) atoms. The summed E-state index contributed by atoms with van der Waals surface area (Å²) in [5.74, 6) is -3.37. The van der Waals surface area contributed by atoms with Gasteiger partial charge in [0.2, 0.25) is 0 Å². The number of likely N-dealkylation sites (N-methyl/N-ethyl adjacent to an activating group) is 1. The lowest BCUT2D eigenvalue weighted by Crippen LogP contribution is -2.42. The molecule has 2 heterocycles. The zero-order chi connectivity index (χ0) is 26.4. The lowest BCUT2D eigenvalue weighted by molar-refractivity contribution is -0.164. The average molecular weight is 529 g/mol. The molecule has 3 aromatic rings. The number of hydrogen-bond donors (Lipinski definition) is 1. The summed E-state index contributed by atoms with van der Waals surface area (Å²) in [7, 11) is 2.37. The molecule has 1 N–H and O–H groups in total. The van der Waals surface area contributed by atoms with E-state index in [1.165, 1.54) is 38.2 Å². The fourth-order valence-electron chi connectivity index (χ4n) is 3.97. The largest absolute Gasteiger partial charge is 0.434 e. The topological polar surface area (TPSA) is 68.6 Å². The molecule has 0 fully saturated rings. The first-order chi connectivity index (χ1) is 16.9. The quantitative estimate of drug-likeness (QED) is 0.373. The van der Waals surface area contributed by atoms with Crippen LogP contribution >= 0.6 is 11.6 Å². The van der Waals surface area contributed by atoms with Crippen LogP contribution < -0.4 is 5.48 Å². The van der Waals surface area contributed by atoms with Crippen molar-refractivity contribution in [1.29, 1.82) is 0 Å². The van der Waals surface area contributed by atoms with Crippen molar-refractivity contribution in [2.24, 2.45) is 0 Å². The highest BCUT2D eigenvalue weighted by molar-refractivity contribution is 6.31. The van der Waals surface area contributed by atoms with Gasteiger partial charge in [0.15, 0.2) is 11.5 Å². The summed E-state index contributed by atoms with van der Waals surface area (Å²) in [5, 5.41) is 4.35. The fourth-order valence-corrected chi connectivity index (χ4v) is 4.32. The first-order valence-electron chi connectivity index (χ1n) is 10.3. The first-order valence-corrected chi connectivity index (χ1v) is 10.7. The van der Waals surface area contributed by atoms with Crippen LogP contribution in [0.2, 0.25) is 5.02 Å². The van der Waals surface area contributed by atoms with Crippen LogP contribution in [0.5, 0.6) is 0 Å². The van der Waals surface area contributed by atoms with Crippen molar-refractivity contribution in [3.8, 4) is 5.69 Å². The summed E-state index contributed by atoms with van der Waals surface area (Å²) >= 11 is 6.23. The normalized spacial score (nSPS) is 17.9. The number of nitrogens with one attached hydrogen (secondary N) is 1. The predicted octanol–water partition coefficient (Wildman–Crippen LogP) is 5.00. The zero-order valence-corrected chi connectivity index (χ0v) is 19.7.